The van der Waals surface area contributed by atoms with E-state index < -0.39 is 23.1 Å². The average molecular weight is 386 g/mol. The van der Waals surface area contributed by atoms with Crippen molar-refractivity contribution in [3.63, 3.8) is 0 Å². The van der Waals surface area contributed by atoms with Crippen LogP contribution in [0, 0.1) is 34.0 Å². The van der Waals surface area contributed by atoms with Crippen molar-refractivity contribution in [2.75, 3.05) is 6.61 Å². The summed E-state index contributed by atoms with van der Waals surface area (Å²) in [7, 11) is 0. The first-order valence-corrected chi connectivity index (χ1v) is 10.6. The summed E-state index contributed by atoms with van der Waals surface area (Å²) in [5.74, 6) is -2.33. The molecule has 3 aliphatic heterocycles. The molecule has 4 bridgehead atoms. The lowest BCUT2D eigenvalue weighted by molar-refractivity contribution is -0.523. The molecule has 0 radical (unpaired) electrons. The fraction of sp³-hybridized carbons (Fsp3) is 0.783. The van der Waals surface area contributed by atoms with Gasteiger partial charge in [0, 0.05) is 17.3 Å². The van der Waals surface area contributed by atoms with E-state index in [4.69, 9.17) is 14.2 Å². The van der Waals surface area contributed by atoms with Crippen LogP contribution < -0.4 is 0 Å². The second-order valence-electron chi connectivity index (χ2n) is 11.1. The molecule has 0 amide bonds. The molecule has 152 valence electrons. The van der Waals surface area contributed by atoms with Gasteiger partial charge in [-0.1, -0.05) is 32.6 Å². The van der Waals surface area contributed by atoms with Crippen molar-refractivity contribution in [2.45, 2.75) is 70.7 Å². The van der Waals surface area contributed by atoms with Crippen LogP contribution in [0.1, 0.15) is 47.0 Å². The molecule has 7 aliphatic rings. The minimum Gasteiger partial charge on any atom is -0.387 e. The highest BCUT2D eigenvalue weighted by Crippen LogP contribution is 2.78. The van der Waals surface area contributed by atoms with E-state index in [-0.39, 0.29) is 40.5 Å². The smallest absolute Gasteiger partial charge is 0.213 e. The molecule has 0 aromatic rings. The number of ketones is 1. The summed E-state index contributed by atoms with van der Waals surface area (Å²) in [6.07, 6.45) is 5.95. The van der Waals surface area contributed by atoms with Gasteiger partial charge in [-0.05, 0) is 50.0 Å². The third-order valence-electron chi connectivity index (χ3n) is 9.01. The summed E-state index contributed by atoms with van der Waals surface area (Å²) in [6, 6.07) is 0. The summed E-state index contributed by atoms with van der Waals surface area (Å²) < 4.78 is 19.4. The second kappa shape index (κ2) is 4.66. The predicted octanol–water partition coefficient (Wildman–Crippen LogP) is 2.98. The molecule has 0 aromatic carbocycles. The molecule has 0 aromatic heterocycles. The van der Waals surface area contributed by atoms with Crippen molar-refractivity contribution in [1.82, 2.24) is 0 Å². The van der Waals surface area contributed by atoms with Crippen molar-refractivity contribution in [1.29, 1.82) is 0 Å². The first-order valence-electron chi connectivity index (χ1n) is 10.6. The number of Topliss-reactive ketones (excluding diaryl/α,β-unsaturated/α-hetero) is 1. The number of ether oxygens (including phenoxy) is 3. The molecule has 4 aliphatic carbocycles. The lowest BCUT2D eigenvalue weighted by Gasteiger charge is -2.76. The van der Waals surface area contributed by atoms with Gasteiger partial charge in [-0.2, -0.15) is 0 Å². The van der Waals surface area contributed by atoms with Crippen LogP contribution in [0.15, 0.2) is 24.3 Å². The monoisotopic (exact) mass is 386 g/mol. The van der Waals surface area contributed by atoms with Gasteiger partial charge >= 0.3 is 0 Å². The standard InChI is InChI=1S/C23H30O5/c1-12-13-7-8-14-21-10-6-9-19(2,3)15(21)17(25)23(26-11-21)22(14,16(12)24)18(13)27-20(4,5)28-23/h6,10,13-15,17-18,25H,1,7-9,11H2,2-5H3/t13-,14-,15+,17-,18+,21+,22-,23+/m0/s1. The third kappa shape index (κ3) is 1.53. The maximum absolute atomic E-state index is 13.9. The molecule has 3 saturated carbocycles. The highest BCUT2D eigenvalue weighted by Gasteiger charge is 2.88. The van der Waals surface area contributed by atoms with E-state index in [1.54, 1.807) is 0 Å². The lowest BCUT2D eigenvalue weighted by atomic mass is 9.37. The Balaban J connectivity index is 1.69. The summed E-state index contributed by atoms with van der Waals surface area (Å²) in [6.45, 7) is 12.8. The van der Waals surface area contributed by atoms with Crippen molar-refractivity contribution >= 4 is 5.78 Å². The maximum atomic E-state index is 13.9. The molecule has 1 N–H and O–H groups in total. The zero-order chi connectivity index (χ0) is 19.9. The minimum absolute atomic E-state index is 0.00569. The molecule has 7 rings (SSSR count). The summed E-state index contributed by atoms with van der Waals surface area (Å²) in [4.78, 5) is 13.9. The highest BCUT2D eigenvalue weighted by atomic mass is 16.8. The molecule has 0 unspecified atom stereocenters. The van der Waals surface area contributed by atoms with E-state index in [0.29, 0.717) is 12.2 Å². The van der Waals surface area contributed by atoms with E-state index in [1.165, 1.54) is 0 Å². The van der Waals surface area contributed by atoms with Crippen molar-refractivity contribution in [2.24, 2.45) is 34.0 Å². The zero-order valence-corrected chi connectivity index (χ0v) is 17.2. The second-order valence-corrected chi connectivity index (χ2v) is 11.1. The van der Waals surface area contributed by atoms with Crippen LogP contribution in [0.5, 0.6) is 0 Å². The SMILES string of the molecule is C=C1C(=O)[C@@]23[C@@H]4OC(C)(C)O[C@@]25OC[C@]2(C=CCC(C)(C)[C@H]2[C@@H]5O)[C@@H]3CC[C@@H]14. The van der Waals surface area contributed by atoms with Gasteiger partial charge in [-0.15, -0.1) is 0 Å². The number of aliphatic hydroxyl groups excluding tert-OH is 1. The molecule has 6 fully saturated rings. The summed E-state index contributed by atoms with van der Waals surface area (Å²) in [5.41, 5.74) is -0.859. The van der Waals surface area contributed by atoms with E-state index in [0.717, 1.165) is 19.3 Å². The van der Waals surface area contributed by atoms with Gasteiger partial charge in [-0.3, -0.25) is 4.79 Å². The number of allylic oxidation sites excluding steroid dienone is 1. The van der Waals surface area contributed by atoms with Crippen LogP contribution in [0.4, 0.5) is 0 Å². The molecule has 28 heavy (non-hydrogen) atoms. The Bertz CT molecular complexity index is 842. The average Bonchev–Trinajstić information content (AvgIpc) is 2.71. The quantitative estimate of drug-likeness (QED) is 0.512. The van der Waals surface area contributed by atoms with Crippen molar-refractivity contribution in [3.05, 3.63) is 24.3 Å². The third-order valence-corrected chi connectivity index (χ3v) is 9.01. The van der Waals surface area contributed by atoms with Gasteiger partial charge in [0.1, 0.15) is 11.5 Å². The molecule has 3 heterocycles. The number of carbonyl (C=O) groups excluding carboxylic acids is 1. The summed E-state index contributed by atoms with van der Waals surface area (Å²) >= 11 is 0. The normalized spacial score (nSPS) is 57.1. The van der Waals surface area contributed by atoms with Crippen LogP contribution in [0.25, 0.3) is 0 Å². The predicted molar refractivity (Wildman–Crippen MR) is 101 cm³/mol. The van der Waals surface area contributed by atoms with Gasteiger partial charge in [-0.25, -0.2) is 0 Å². The number of carbonyl (C=O) groups is 1. The Kier molecular flexibility index (Phi) is 2.97. The largest absolute Gasteiger partial charge is 0.387 e. The number of rotatable bonds is 0. The van der Waals surface area contributed by atoms with Crippen molar-refractivity contribution in [3.8, 4) is 0 Å². The van der Waals surface area contributed by atoms with E-state index in [1.807, 2.05) is 13.8 Å². The molecule has 5 heteroatoms. The fourth-order valence-electron chi connectivity index (χ4n) is 8.39. The molecular formula is C23H30O5. The Morgan fingerprint density at radius 3 is 2.71 bits per heavy atom. The van der Waals surface area contributed by atoms with Gasteiger partial charge < -0.3 is 19.3 Å². The topological polar surface area (TPSA) is 65.0 Å². The zero-order valence-electron chi connectivity index (χ0n) is 17.2. The van der Waals surface area contributed by atoms with Crippen LogP contribution in [-0.2, 0) is 19.0 Å². The molecule has 5 nitrogen and oxygen atoms in total. The molecule has 3 saturated heterocycles. The molecular weight excluding hydrogens is 356 g/mol. The maximum Gasteiger partial charge on any atom is 0.213 e. The van der Waals surface area contributed by atoms with E-state index in [9.17, 15) is 9.90 Å². The van der Waals surface area contributed by atoms with E-state index in [2.05, 4.69) is 32.6 Å². The van der Waals surface area contributed by atoms with Gasteiger partial charge in [0.2, 0.25) is 5.79 Å². The fourth-order valence-corrected chi connectivity index (χ4v) is 8.39. The van der Waals surface area contributed by atoms with E-state index >= 15 is 0 Å². The number of hydrogen-bond acceptors (Lipinski definition) is 5. The van der Waals surface area contributed by atoms with Crippen LogP contribution >= 0.6 is 0 Å². The first-order chi connectivity index (χ1) is 13.0. The van der Waals surface area contributed by atoms with Gasteiger partial charge in [0.15, 0.2) is 11.6 Å². The Morgan fingerprint density at radius 1 is 1.21 bits per heavy atom. The number of hydrogen-bond donors (Lipinski definition) is 1. The highest BCUT2D eigenvalue weighted by molar-refractivity contribution is 6.05. The number of fused-ring (bicyclic) bond motifs is 1. The van der Waals surface area contributed by atoms with Gasteiger partial charge in [0.05, 0.1) is 12.7 Å². The Labute approximate surface area is 166 Å². The summed E-state index contributed by atoms with van der Waals surface area (Å²) in [5, 5.41) is 11.9. The van der Waals surface area contributed by atoms with Gasteiger partial charge in [0.25, 0.3) is 0 Å². The number of aliphatic hydroxyl groups is 1. The molecule has 8 atom stereocenters. The van der Waals surface area contributed by atoms with Crippen molar-refractivity contribution < 1.29 is 24.1 Å². The Morgan fingerprint density at radius 2 is 1.96 bits per heavy atom. The Hall–Kier alpha value is -1.01. The van der Waals surface area contributed by atoms with Crippen LogP contribution in [-0.4, -0.2) is 41.3 Å². The first kappa shape index (κ1) is 17.8. The minimum atomic E-state index is -1.37. The molecule has 3 spiro atoms. The van der Waals surface area contributed by atoms with Crippen LogP contribution in [0.2, 0.25) is 0 Å². The lowest BCUT2D eigenvalue weighted by Crippen LogP contribution is -2.86. The van der Waals surface area contributed by atoms with Crippen LogP contribution in [0.3, 0.4) is 0 Å².